The molecule has 2 heterocycles. The number of furan rings is 1. The number of hydrogen-bond acceptors (Lipinski definition) is 4. The average Bonchev–Trinajstić information content (AvgIpc) is 3.44. The third-order valence-electron chi connectivity index (χ3n) is 7.03. The van der Waals surface area contributed by atoms with E-state index in [1.165, 1.54) is 17.4 Å². The van der Waals surface area contributed by atoms with Crippen LogP contribution in [0.3, 0.4) is 0 Å². The van der Waals surface area contributed by atoms with Crippen molar-refractivity contribution < 1.29 is 13.9 Å². The molecule has 5 nitrogen and oxygen atoms in total. The fraction of sp³-hybridized carbons (Fsp3) is 0.346. The molecule has 166 valence electrons. The minimum atomic E-state index is -0.214. The molecule has 2 aromatic carbocycles. The number of amides is 1. The molecule has 0 unspecified atom stereocenters. The number of ether oxygens (including phenoxy) is 1. The Balaban J connectivity index is 1.37. The van der Waals surface area contributed by atoms with Crippen LogP contribution in [0.1, 0.15) is 46.1 Å². The number of nitrogens with one attached hydrogen (secondary N) is 1. The summed E-state index contributed by atoms with van der Waals surface area (Å²) >= 11 is 6.04. The molecular formula is C26H27ClN2O3. The van der Waals surface area contributed by atoms with Gasteiger partial charge in [0.1, 0.15) is 0 Å². The lowest BCUT2D eigenvalue weighted by Gasteiger charge is -2.44. The highest BCUT2D eigenvalue weighted by Crippen LogP contribution is 2.52. The number of benzene rings is 2. The van der Waals surface area contributed by atoms with E-state index in [0.717, 1.165) is 43.1 Å². The van der Waals surface area contributed by atoms with Crippen LogP contribution in [-0.4, -0.2) is 37.1 Å². The number of fused-ring (bicyclic) bond motifs is 2. The lowest BCUT2D eigenvalue weighted by Crippen LogP contribution is -2.50. The van der Waals surface area contributed by atoms with Gasteiger partial charge in [-0.25, -0.2) is 0 Å². The molecule has 2 atom stereocenters. The summed E-state index contributed by atoms with van der Waals surface area (Å²) in [6.45, 7) is 2.84. The van der Waals surface area contributed by atoms with Crippen molar-refractivity contribution in [1.82, 2.24) is 10.2 Å². The number of hydrogen-bond donors (Lipinski definition) is 1. The first kappa shape index (κ1) is 21.3. The Bertz CT molecular complexity index is 1070. The molecule has 1 fully saturated rings. The molecule has 1 spiro atoms. The Kier molecular flexibility index (Phi) is 5.80. The topological polar surface area (TPSA) is 54.7 Å². The van der Waals surface area contributed by atoms with Gasteiger partial charge in [0.25, 0.3) is 5.91 Å². The van der Waals surface area contributed by atoms with Crippen molar-refractivity contribution in [2.24, 2.45) is 0 Å². The summed E-state index contributed by atoms with van der Waals surface area (Å²) < 4.78 is 11.4. The van der Waals surface area contributed by atoms with Crippen LogP contribution in [-0.2, 0) is 16.7 Å². The molecule has 1 saturated heterocycles. The zero-order chi connectivity index (χ0) is 22.1. The van der Waals surface area contributed by atoms with Crippen LogP contribution in [0.4, 0.5) is 0 Å². The van der Waals surface area contributed by atoms with Gasteiger partial charge in [0, 0.05) is 24.1 Å². The Morgan fingerprint density at radius 3 is 2.56 bits per heavy atom. The van der Waals surface area contributed by atoms with Gasteiger partial charge in [-0.2, -0.15) is 0 Å². The molecule has 1 N–H and O–H groups in total. The van der Waals surface area contributed by atoms with E-state index in [4.69, 9.17) is 20.8 Å². The quantitative estimate of drug-likeness (QED) is 0.596. The summed E-state index contributed by atoms with van der Waals surface area (Å²) in [5.74, 6) is 0.102. The van der Waals surface area contributed by atoms with Crippen LogP contribution in [0.5, 0.6) is 0 Å². The van der Waals surface area contributed by atoms with E-state index in [1.54, 1.807) is 19.2 Å². The Morgan fingerprint density at radius 2 is 1.88 bits per heavy atom. The first-order valence-corrected chi connectivity index (χ1v) is 11.4. The average molecular weight is 451 g/mol. The number of methoxy groups -OCH3 is 1. The summed E-state index contributed by atoms with van der Waals surface area (Å²) in [6, 6.07) is 19.7. The molecule has 0 bridgehead atoms. The summed E-state index contributed by atoms with van der Waals surface area (Å²) in [5.41, 5.74) is 3.58. The normalized spacial score (nSPS) is 22.1. The summed E-state index contributed by atoms with van der Waals surface area (Å²) in [5, 5.41) is 3.95. The van der Waals surface area contributed by atoms with Gasteiger partial charge in [-0.15, -0.1) is 0 Å². The molecular weight excluding hydrogens is 424 g/mol. The van der Waals surface area contributed by atoms with Gasteiger partial charge >= 0.3 is 0 Å². The Hall–Kier alpha value is -2.60. The molecule has 0 radical (unpaired) electrons. The Labute approximate surface area is 193 Å². The van der Waals surface area contributed by atoms with Crippen molar-refractivity contribution in [3.8, 4) is 0 Å². The van der Waals surface area contributed by atoms with Gasteiger partial charge in [0.2, 0.25) is 0 Å². The molecule has 1 aliphatic heterocycles. The van der Waals surface area contributed by atoms with E-state index in [0.29, 0.717) is 5.76 Å². The van der Waals surface area contributed by atoms with E-state index < -0.39 is 0 Å². The Morgan fingerprint density at radius 1 is 1.12 bits per heavy atom. The van der Waals surface area contributed by atoms with E-state index >= 15 is 0 Å². The van der Waals surface area contributed by atoms with Crippen LogP contribution in [0.25, 0.3) is 0 Å². The molecule has 1 amide bonds. The zero-order valence-corrected chi connectivity index (χ0v) is 18.8. The first-order valence-electron chi connectivity index (χ1n) is 11.0. The molecule has 2 aliphatic rings. The molecule has 1 aromatic heterocycles. The van der Waals surface area contributed by atoms with Crippen molar-refractivity contribution in [1.29, 1.82) is 0 Å². The third-order valence-corrected chi connectivity index (χ3v) is 7.28. The number of likely N-dealkylation sites (tertiary alicyclic amines) is 1. The number of carbonyl (C=O) groups is 1. The maximum Gasteiger partial charge on any atom is 0.287 e. The maximum atomic E-state index is 12.8. The lowest BCUT2D eigenvalue weighted by atomic mass is 9.72. The maximum absolute atomic E-state index is 12.8. The predicted molar refractivity (Wildman–Crippen MR) is 124 cm³/mol. The number of nitrogens with zero attached hydrogens (tertiary/aromatic N) is 1. The number of rotatable bonds is 5. The minimum Gasteiger partial charge on any atom is -0.459 e. The van der Waals surface area contributed by atoms with Gasteiger partial charge < -0.3 is 14.5 Å². The van der Waals surface area contributed by atoms with Crippen molar-refractivity contribution in [3.63, 3.8) is 0 Å². The van der Waals surface area contributed by atoms with E-state index in [-0.39, 0.29) is 23.5 Å². The zero-order valence-electron chi connectivity index (χ0n) is 18.1. The van der Waals surface area contributed by atoms with E-state index in [9.17, 15) is 4.79 Å². The van der Waals surface area contributed by atoms with Crippen molar-refractivity contribution in [2.45, 2.75) is 36.9 Å². The molecule has 5 rings (SSSR count). The van der Waals surface area contributed by atoms with Crippen LogP contribution < -0.4 is 5.32 Å². The van der Waals surface area contributed by atoms with Gasteiger partial charge in [-0.3, -0.25) is 9.69 Å². The lowest BCUT2D eigenvalue weighted by molar-refractivity contribution is -0.0124. The highest BCUT2D eigenvalue weighted by Gasteiger charge is 2.54. The first-order chi connectivity index (χ1) is 15.6. The van der Waals surface area contributed by atoms with E-state index in [1.807, 2.05) is 18.2 Å². The van der Waals surface area contributed by atoms with E-state index in [2.05, 4.69) is 40.5 Å². The van der Waals surface area contributed by atoms with Gasteiger partial charge in [-0.05, 0) is 66.9 Å². The van der Waals surface area contributed by atoms with Crippen LogP contribution in [0.2, 0.25) is 5.02 Å². The van der Waals surface area contributed by atoms with Crippen molar-refractivity contribution in [3.05, 3.63) is 94.4 Å². The van der Waals surface area contributed by atoms with Gasteiger partial charge in [-0.1, -0.05) is 48.0 Å². The third kappa shape index (κ3) is 3.75. The molecule has 3 aromatic rings. The molecule has 32 heavy (non-hydrogen) atoms. The monoisotopic (exact) mass is 450 g/mol. The van der Waals surface area contributed by atoms with Crippen LogP contribution in [0.15, 0.2) is 71.3 Å². The molecule has 0 saturated carbocycles. The second kappa shape index (κ2) is 8.74. The second-order valence-electron chi connectivity index (χ2n) is 8.73. The standard InChI is InChI=1S/C26H27ClN2O3/c1-31-24-23(28-25(30)22-7-4-16-32-22)20-5-2-3-6-21(20)26(24)12-14-29(15-13-26)17-18-8-10-19(27)11-9-18/h2-11,16,23-24H,12-15,17H2,1H3,(H,28,30)/t23-,24+/m0/s1. The molecule has 6 heteroatoms. The molecule has 1 aliphatic carbocycles. The highest BCUT2D eigenvalue weighted by atomic mass is 35.5. The summed E-state index contributed by atoms with van der Waals surface area (Å²) in [4.78, 5) is 15.3. The fourth-order valence-corrected chi connectivity index (χ4v) is 5.63. The van der Waals surface area contributed by atoms with Crippen LogP contribution in [0, 0.1) is 0 Å². The largest absolute Gasteiger partial charge is 0.459 e. The second-order valence-corrected chi connectivity index (χ2v) is 9.17. The van der Waals surface area contributed by atoms with Gasteiger partial charge in [0.05, 0.1) is 18.4 Å². The van der Waals surface area contributed by atoms with Gasteiger partial charge in [0.15, 0.2) is 5.76 Å². The predicted octanol–water partition coefficient (Wildman–Crippen LogP) is 4.97. The van der Waals surface area contributed by atoms with Crippen molar-refractivity contribution >= 4 is 17.5 Å². The number of halogens is 1. The minimum absolute atomic E-state index is 0.122. The number of piperidine rings is 1. The SMILES string of the molecule is CO[C@@H]1[C@@H](NC(=O)c2ccco2)c2ccccc2C12CCN(Cc1ccc(Cl)cc1)CC2. The van der Waals surface area contributed by atoms with Crippen molar-refractivity contribution in [2.75, 3.05) is 20.2 Å². The highest BCUT2D eigenvalue weighted by molar-refractivity contribution is 6.30. The smallest absolute Gasteiger partial charge is 0.287 e. The fourth-order valence-electron chi connectivity index (χ4n) is 5.50. The summed E-state index contributed by atoms with van der Waals surface area (Å²) in [6.07, 6.45) is 3.34. The summed E-state index contributed by atoms with van der Waals surface area (Å²) in [7, 11) is 1.75. The number of carbonyl (C=O) groups excluding carboxylic acids is 1. The van der Waals surface area contributed by atoms with Crippen LogP contribution >= 0.6 is 11.6 Å².